The van der Waals surface area contributed by atoms with E-state index in [0.717, 1.165) is 11.3 Å². The Labute approximate surface area is 119 Å². The van der Waals surface area contributed by atoms with E-state index in [1.807, 2.05) is 0 Å². The van der Waals surface area contributed by atoms with E-state index in [0.29, 0.717) is 19.8 Å². The van der Waals surface area contributed by atoms with Crippen LogP contribution in [0.3, 0.4) is 0 Å². The molecule has 9 heteroatoms. The van der Waals surface area contributed by atoms with Gasteiger partial charge in [-0.3, -0.25) is 9.59 Å². The Morgan fingerprint density at radius 3 is 2.43 bits per heavy atom. The Morgan fingerprint density at radius 1 is 1.29 bits per heavy atom. The third-order valence-electron chi connectivity index (χ3n) is 3.39. The van der Waals surface area contributed by atoms with Crippen LogP contribution in [0.25, 0.3) is 0 Å². The minimum Gasteiger partial charge on any atom is -0.479 e. The van der Waals surface area contributed by atoms with Crippen molar-refractivity contribution in [2.24, 2.45) is 0 Å². The van der Waals surface area contributed by atoms with Gasteiger partial charge in [0.25, 0.3) is 0 Å². The summed E-state index contributed by atoms with van der Waals surface area (Å²) in [5.41, 5.74) is -3.38. The van der Waals surface area contributed by atoms with E-state index >= 15 is 0 Å². The topological polar surface area (TPSA) is 86.7 Å². The van der Waals surface area contributed by atoms with Crippen LogP contribution in [-0.2, 0) is 14.4 Å². The van der Waals surface area contributed by atoms with E-state index in [1.54, 1.807) is 0 Å². The molecular formula is C12H17F3N2O4. The van der Waals surface area contributed by atoms with Gasteiger partial charge in [-0.1, -0.05) is 6.42 Å². The fourth-order valence-electron chi connectivity index (χ4n) is 1.94. The third kappa shape index (κ3) is 4.08. The number of carbonyl (C=O) groups excluding carboxylic acids is 2. The van der Waals surface area contributed by atoms with Crippen molar-refractivity contribution in [2.75, 3.05) is 13.1 Å². The van der Waals surface area contributed by atoms with Crippen molar-refractivity contribution in [1.82, 2.24) is 10.2 Å². The summed E-state index contributed by atoms with van der Waals surface area (Å²) in [6, 6.07) is 0. The predicted molar refractivity (Wildman–Crippen MR) is 65.3 cm³/mol. The maximum Gasteiger partial charge on any atom is 0.422 e. The second-order valence-corrected chi connectivity index (χ2v) is 5.10. The van der Waals surface area contributed by atoms with Crippen LogP contribution in [0.1, 0.15) is 32.6 Å². The highest BCUT2D eigenvalue weighted by Crippen LogP contribution is 2.30. The summed E-state index contributed by atoms with van der Waals surface area (Å²) in [6.07, 6.45) is -2.76. The lowest BCUT2D eigenvalue weighted by Gasteiger charge is -2.29. The lowest BCUT2D eigenvalue weighted by molar-refractivity contribution is -0.207. The van der Waals surface area contributed by atoms with Crippen LogP contribution in [-0.4, -0.2) is 52.6 Å². The van der Waals surface area contributed by atoms with Gasteiger partial charge in [0.2, 0.25) is 17.4 Å². The molecule has 1 rings (SSSR count). The highest BCUT2D eigenvalue weighted by Gasteiger charge is 2.58. The third-order valence-corrected chi connectivity index (χ3v) is 3.39. The highest BCUT2D eigenvalue weighted by atomic mass is 19.4. The minimum absolute atomic E-state index is 0.239. The van der Waals surface area contributed by atoms with Gasteiger partial charge < -0.3 is 15.3 Å². The van der Waals surface area contributed by atoms with Crippen LogP contribution >= 0.6 is 0 Å². The SMILES string of the molecule is CC(NC(=O)CN1CCCCCC1=O)(C(=O)O)C(F)(F)F. The number of aliphatic carboxylic acids is 1. The van der Waals surface area contributed by atoms with Crippen molar-refractivity contribution in [3.63, 3.8) is 0 Å². The number of carboxylic acids is 1. The molecular weight excluding hydrogens is 293 g/mol. The normalized spacial score (nSPS) is 19.6. The van der Waals surface area contributed by atoms with Gasteiger partial charge in [0.05, 0.1) is 6.54 Å². The molecule has 2 amide bonds. The van der Waals surface area contributed by atoms with Crippen molar-refractivity contribution in [3.8, 4) is 0 Å². The number of nitrogens with one attached hydrogen (secondary N) is 1. The molecule has 0 saturated carbocycles. The number of carbonyl (C=O) groups is 3. The summed E-state index contributed by atoms with van der Waals surface area (Å²) < 4.78 is 38.3. The zero-order chi connectivity index (χ0) is 16.3. The van der Waals surface area contributed by atoms with E-state index in [-0.39, 0.29) is 18.9 Å². The molecule has 1 unspecified atom stereocenters. The van der Waals surface area contributed by atoms with Crippen LogP contribution in [0.4, 0.5) is 13.2 Å². The molecule has 2 N–H and O–H groups in total. The number of carboxylic acid groups (broad SMARTS) is 1. The summed E-state index contributed by atoms with van der Waals surface area (Å²) in [4.78, 5) is 35.3. The number of amides is 2. The van der Waals surface area contributed by atoms with Crippen LogP contribution in [0.2, 0.25) is 0 Å². The van der Waals surface area contributed by atoms with Crippen LogP contribution < -0.4 is 5.32 Å². The molecule has 1 aliphatic heterocycles. The maximum absolute atomic E-state index is 12.8. The van der Waals surface area contributed by atoms with Crippen LogP contribution in [0.5, 0.6) is 0 Å². The van der Waals surface area contributed by atoms with E-state index in [2.05, 4.69) is 0 Å². The average Bonchev–Trinajstić information content (AvgIpc) is 2.53. The van der Waals surface area contributed by atoms with Crippen LogP contribution in [0, 0.1) is 0 Å². The van der Waals surface area contributed by atoms with Crippen molar-refractivity contribution in [1.29, 1.82) is 0 Å². The fourth-order valence-corrected chi connectivity index (χ4v) is 1.94. The number of hydrogen-bond acceptors (Lipinski definition) is 3. The van der Waals surface area contributed by atoms with Crippen molar-refractivity contribution < 1.29 is 32.7 Å². The largest absolute Gasteiger partial charge is 0.479 e. The lowest BCUT2D eigenvalue weighted by Crippen LogP contribution is -2.63. The molecule has 0 aromatic heterocycles. The smallest absolute Gasteiger partial charge is 0.422 e. The molecule has 1 saturated heterocycles. The summed E-state index contributed by atoms with van der Waals surface area (Å²) in [6.45, 7) is 0.0807. The molecule has 1 fully saturated rings. The van der Waals surface area contributed by atoms with Gasteiger partial charge in [-0.2, -0.15) is 13.2 Å². The van der Waals surface area contributed by atoms with Crippen molar-refractivity contribution >= 4 is 17.8 Å². The summed E-state index contributed by atoms with van der Waals surface area (Å²) in [5.74, 6) is -3.66. The monoisotopic (exact) mass is 310 g/mol. The van der Waals surface area contributed by atoms with Gasteiger partial charge in [-0.25, -0.2) is 4.79 Å². The predicted octanol–water partition coefficient (Wildman–Crippen LogP) is 0.911. The first-order chi connectivity index (χ1) is 9.58. The van der Waals surface area contributed by atoms with Crippen LogP contribution in [0.15, 0.2) is 0 Å². The first-order valence-corrected chi connectivity index (χ1v) is 6.47. The van der Waals surface area contributed by atoms with E-state index < -0.39 is 30.1 Å². The molecule has 0 bridgehead atoms. The zero-order valence-electron chi connectivity index (χ0n) is 11.5. The van der Waals surface area contributed by atoms with E-state index in [9.17, 15) is 27.6 Å². The molecule has 1 atom stereocenters. The first kappa shape index (κ1) is 17.3. The minimum atomic E-state index is -5.14. The summed E-state index contributed by atoms with van der Waals surface area (Å²) in [5, 5.41) is 10.2. The number of likely N-dealkylation sites (tertiary alicyclic amines) is 1. The Balaban J connectivity index is 2.75. The second-order valence-electron chi connectivity index (χ2n) is 5.10. The van der Waals surface area contributed by atoms with Crippen molar-refractivity contribution in [2.45, 2.75) is 44.3 Å². The summed E-state index contributed by atoms with van der Waals surface area (Å²) >= 11 is 0. The first-order valence-electron chi connectivity index (χ1n) is 6.47. The standard InChI is InChI=1S/C12H17F3N2O4/c1-11(10(20)21,12(13,14)15)16-8(18)7-17-6-4-2-3-5-9(17)19/h2-7H2,1H3,(H,16,18)(H,20,21). The molecule has 1 heterocycles. The highest BCUT2D eigenvalue weighted by molar-refractivity contribution is 5.90. The molecule has 120 valence electrons. The Hall–Kier alpha value is -1.80. The molecule has 1 aliphatic rings. The quantitative estimate of drug-likeness (QED) is 0.808. The van der Waals surface area contributed by atoms with Gasteiger partial charge in [0, 0.05) is 13.0 Å². The lowest BCUT2D eigenvalue weighted by atomic mass is 10.0. The average molecular weight is 310 g/mol. The molecule has 0 aromatic carbocycles. The zero-order valence-corrected chi connectivity index (χ0v) is 11.5. The second kappa shape index (κ2) is 6.31. The van der Waals surface area contributed by atoms with Gasteiger partial charge >= 0.3 is 12.1 Å². The molecule has 0 spiro atoms. The molecule has 6 nitrogen and oxygen atoms in total. The van der Waals surface area contributed by atoms with Gasteiger partial charge in [-0.05, 0) is 19.8 Å². The van der Waals surface area contributed by atoms with Crippen molar-refractivity contribution in [3.05, 3.63) is 0 Å². The Bertz CT molecular complexity index is 439. The number of rotatable bonds is 4. The molecule has 0 aromatic rings. The summed E-state index contributed by atoms with van der Waals surface area (Å²) in [7, 11) is 0. The van der Waals surface area contributed by atoms with Gasteiger partial charge in [0.15, 0.2) is 0 Å². The molecule has 21 heavy (non-hydrogen) atoms. The Morgan fingerprint density at radius 2 is 1.90 bits per heavy atom. The van der Waals surface area contributed by atoms with E-state index in [4.69, 9.17) is 5.11 Å². The Kier molecular flexibility index (Phi) is 5.19. The molecule has 0 radical (unpaired) electrons. The maximum atomic E-state index is 12.8. The fraction of sp³-hybridized carbons (Fsp3) is 0.750. The number of nitrogens with zero attached hydrogens (tertiary/aromatic N) is 1. The molecule has 0 aliphatic carbocycles. The van der Waals surface area contributed by atoms with Gasteiger partial charge in [-0.15, -0.1) is 0 Å². The number of alkyl halides is 3. The van der Waals surface area contributed by atoms with E-state index in [1.165, 1.54) is 5.32 Å². The number of hydrogen-bond donors (Lipinski definition) is 2. The van der Waals surface area contributed by atoms with Gasteiger partial charge in [0.1, 0.15) is 0 Å². The number of halogens is 3.